The molecular weight excluding hydrogens is 155 g/mol. The minimum atomic E-state index is -0.258. The van der Waals surface area contributed by atoms with E-state index in [2.05, 4.69) is 0 Å². The lowest BCUT2D eigenvalue weighted by molar-refractivity contribution is 0.596. The molecule has 1 aliphatic carbocycles. The van der Waals surface area contributed by atoms with Crippen molar-refractivity contribution in [1.82, 2.24) is 0 Å². The molecule has 0 heterocycles. The van der Waals surface area contributed by atoms with Crippen molar-refractivity contribution in [2.45, 2.75) is 5.66 Å². The predicted octanol–water partition coefficient (Wildman–Crippen LogP) is 2.78. The second-order valence-electron chi connectivity index (χ2n) is 2.58. The first-order valence-electron chi connectivity index (χ1n) is 3.56. The van der Waals surface area contributed by atoms with Crippen molar-refractivity contribution >= 4 is 14.5 Å². The Morgan fingerprint density at radius 1 is 1.27 bits per heavy atom. The number of hydrogen-bond donors (Lipinski definition) is 0. The van der Waals surface area contributed by atoms with Gasteiger partial charge < -0.3 is 0 Å². The summed E-state index contributed by atoms with van der Waals surface area (Å²) >= 11 is 0. The van der Waals surface area contributed by atoms with Crippen molar-refractivity contribution in [2.24, 2.45) is 0 Å². The number of benzene rings is 1. The topological polar surface area (TPSA) is 17.1 Å². The summed E-state index contributed by atoms with van der Waals surface area (Å²) in [6.45, 7) is 0. The molecule has 0 amide bonds. The van der Waals surface area contributed by atoms with Crippen molar-refractivity contribution < 1.29 is 4.57 Å². The van der Waals surface area contributed by atoms with E-state index < -0.39 is 0 Å². The van der Waals surface area contributed by atoms with Gasteiger partial charge in [-0.25, -0.2) is 0 Å². The first-order chi connectivity index (χ1) is 5.42. The molecule has 54 valence electrons. The highest BCUT2D eigenvalue weighted by molar-refractivity contribution is 7.24. The molecule has 0 N–H and O–H groups in total. The van der Waals surface area contributed by atoms with Crippen LogP contribution in [0.25, 0.3) is 6.08 Å². The van der Waals surface area contributed by atoms with Crippen molar-refractivity contribution in [3.8, 4) is 0 Å². The molecule has 0 fully saturated rings. The monoisotopic (exact) mass is 163 g/mol. The molecule has 0 spiro atoms. The van der Waals surface area contributed by atoms with Gasteiger partial charge in [-0.05, 0) is 11.6 Å². The highest BCUT2D eigenvalue weighted by Crippen LogP contribution is 2.36. The number of fused-ring (bicyclic) bond motifs is 1. The first-order valence-corrected chi connectivity index (χ1v) is 4.55. The molecule has 2 rings (SSSR count). The van der Waals surface area contributed by atoms with Crippen LogP contribution in [0, 0.1) is 0 Å². The second kappa shape index (κ2) is 2.60. The van der Waals surface area contributed by atoms with E-state index in [1.165, 1.54) is 11.1 Å². The Morgan fingerprint density at radius 3 is 2.91 bits per heavy atom. The van der Waals surface area contributed by atoms with E-state index in [1.54, 1.807) is 0 Å². The first kappa shape index (κ1) is 6.75. The van der Waals surface area contributed by atoms with Gasteiger partial charge in [0.05, 0.1) is 0 Å². The van der Waals surface area contributed by atoms with Gasteiger partial charge in [-0.2, -0.15) is 0 Å². The minimum absolute atomic E-state index is 0.145. The fourth-order valence-electron chi connectivity index (χ4n) is 1.35. The third-order valence-electron chi connectivity index (χ3n) is 1.93. The lowest BCUT2D eigenvalue weighted by Gasteiger charge is -1.95. The molecule has 1 nitrogen and oxygen atoms in total. The SMILES string of the molecule is O=[PH+]C1C=Cc2ccccc21. The Labute approximate surface area is 67.0 Å². The summed E-state index contributed by atoms with van der Waals surface area (Å²) in [5, 5.41) is 0. The Kier molecular flexibility index (Phi) is 1.59. The normalized spacial score (nSPS) is 20.5. The van der Waals surface area contributed by atoms with Crippen LogP contribution in [-0.4, -0.2) is 0 Å². The summed E-state index contributed by atoms with van der Waals surface area (Å²) < 4.78 is 10.7. The van der Waals surface area contributed by atoms with Crippen LogP contribution in [0.5, 0.6) is 0 Å². The summed E-state index contributed by atoms with van der Waals surface area (Å²) in [7, 11) is -0.258. The van der Waals surface area contributed by atoms with Gasteiger partial charge in [0, 0.05) is 5.56 Å². The number of hydrogen-bond acceptors (Lipinski definition) is 1. The lowest BCUT2D eigenvalue weighted by atomic mass is 10.1. The quantitative estimate of drug-likeness (QED) is 0.582. The maximum Gasteiger partial charge on any atom is 0.336 e. The molecule has 0 saturated heterocycles. The second-order valence-corrected chi connectivity index (χ2v) is 3.44. The molecule has 1 aromatic rings. The van der Waals surface area contributed by atoms with Gasteiger partial charge in [-0.1, -0.05) is 34.9 Å². The summed E-state index contributed by atoms with van der Waals surface area (Å²) in [6.07, 6.45) is 4.03. The van der Waals surface area contributed by atoms with Crippen LogP contribution in [0.15, 0.2) is 30.3 Å². The van der Waals surface area contributed by atoms with Crippen molar-refractivity contribution in [3.05, 3.63) is 41.5 Å². The van der Waals surface area contributed by atoms with Crippen molar-refractivity contribution in [1.29, 1.82) is 0 Å². The van der Waals surface area contributed by atoms with E-state index in [0.717, 1.165) is 0 Å². The average Bonchev–Trinajstić information content (AvgIpc) is 2.47. The maximum absolute atomic E-state index is 10.7. The van der Waals surface area contributed by atoms with E-state index in [0.29, 0.717) is 0 Å². The number of allylic oxidation sites excluding steroid dienone is 1. The fraction of sp³-hybridized carbons (Fsp3) is 0.111. The van der Waals surface area contributed by atoms with Gasteiger partial charge in [-0.15, -0.1) is 0 Å². The van der Waals surface area contributed by atoms with Gasteiger partial charge in [0.2, 0.25) is 0 Å². The van der Waals surface area contributed by atoms with Gasteiger partial charge in [0.1, 0.15) is 0 Å². The molecule has 0 aromatic heterocycles. The summed E-state index contributed by atoms with van der Waals surface area (Å²) in [6, 6.07) is 8.06. The van der Waals surface area contributed by atoms with Gasteiger partial charge in [-0.3, -0.25) is 0 Å². The molecular formula is C9H8OP+. The zero-order valence-corrected chi connectivity index (χ0v) is 6.95. The standard InChI is InChI=1S/C9H7OP/c10-11-9-6-5-7-3-1-2-4-8(7)9/h1-6,9H/p+1. The largest absolute Gasteiger partial charge is 0.336 e. The van der Waals surface area contributed by atoms with Crippen LogP contribution < -0.4 is 0 Å². The molecule has 2 heteroatoms. The summed E-state index contributed by atoms with van der Waals surface area (Å²) in [4.78, 5) is 0. The van der Waals surface area contributed by atoms with Gasteiger partial charge >= 0.3 is 8.46 Å². The van der Waals surface area contributed by atoms with Crippen LogP contribution in [0.3, 0.4) is 0 Å². The van der Waals surface area contributed by atoms with Gasteiger partial charge in [0.25, 0.3) is 0 Å². The van der Waals surface area contributed by atoms with Crippen LogP contribution >= 0.6 is 8.46 Å². The molecule has 1 aliphatic rings. The smallest absolute Gasteiger partial charge is 0.0764 e. The lowest BCUT2D eigenvalue weighted by Crippen LogP contribution is -1.82. The average molecular weight is 163 g/mol. The molecule has 1 aromatic carbocycles. The van der Waals surface area contributed by atoms with E-state index in [4.69, 9.17) is 0 Å². The summed E-state index contributed by atoms with van der Waals surface area (Å²) in [5.74, 6) is 0. The molecule has 0 aliphatic heterocycles. The summed E-state index contributed by atoms with van der Waals surface area (Å²) in [5.41, 5.74) is 2.55. The van der Waals surface area contributed by atoms with Crippen LogP contribution in [0.4, 0.5) is 0 Å². The zero-order chi connectivity index (χ0) is 7.68. The van der Waals surface area contributed by atoms with Crippen molar-refractivity contribution in [3.63, 3.8) is 0 Å². The van der Waals surface area contributed by atoms with Crippen molar-refractivity contribution in [2.75, 3.05) is 0 Å². The maximum atomic E-state index is 10.7. The molecule has 11 heavy (non-hydrogen) atoms. The Bertz CT molecular complexity index is 317. The Morgan fingerprint density at radius 2 is 2.09 bits per heavy atom. The van der Waals surface area contributed by atoms with Gasteiger partial charge in [0.15, 0.2) is 5.66 Å². The molecule has 2 unspecified atom stereocenters. The highest BCUT2D eigenvalue weighted by Gasteiger charge is 2.21. The molecule has 0 saturated carbocycles. The number of rotatable bonds is 1. The van der Waals surface area contributed by atoms with E-state index in [9.17, 15) is 4.57 Å². The Hall–Kier alpha value is -0.940. The van der Waals surface area contributed by atoms with E-state index in [1.807, 2.05) is 36.4 Å². The van der Waals surface area contributed by atoms with Crippen LogP contribution in [0.2, 0.25) is 0 Å². The predicted molar refractivity (Wildman–Crippen MR) is 47.2 cm³/mol. The molecule has 0 bridgehead atoms. The van der Waals surface area contributed by atoms with E-state index >= 15 is 0 Å². The Balaban J connectivity index is 2.53. The van der Waals surface area contributed by atoms with Crippen LogP contribution in [0.1, 0.15) is 16.8 Å². The zero-order valence-electron chi connectivity index (χ0n) is 5.95. The van der Waals surface area contributed by atoms with Crippen LogP contribution in [-0.2, 0) is 4.57 Å². The minimum Gasteiger partial charge on any atom is -0.0764 e. The highest BCUT2D eigenvalue weighted by atomic mass is 31.1. The third kappa shape index (κ3) is 1.02. The fourth-order valence-corrected chi connectivity index (χ4v) is 1.92. The van der Waals surface area contributed by atoms with E-state index in [-0.39, 0.29) is 14.1 Å². The third-order valence-corrected chi connectivity index (χ3v) is 2.68. The molecule has 0 radical (unpaired) electrons. The molecule has 2 atom stereocenters.